The number of nitrogens with zero attached hydrogens (tertiary/aromatic N) is 5. The van der Waals surface area contributed by atoms with Crippen LogP contribution in [0.15, 0.2) is 55.0 Å². The van der Waals surface area contributed by atoms with Crippen LogP contribution in [0.5, 0.6) is 0 Å². The lowest BCUT2D eigenvalue weighted by Gasteiger charge is -2.35. The van der Waals surface area contributed by atoms with E-state index in [0.29, 0.717) is 32.0 Å². The molecule has 0 aliphatic carbocycles. The van der Waals surface area contributed by atoms with Gasteiger partial charge in [-0.15, -0.1) is 0 Å². The first-order valence-electron chi connectivity index (χ1n) is 9.97. The van der Waals surface area contributed by atoms with Gasteiger partial charge >= 0.3 is 6.03 Å². The number of anilines is 4. The highest BCUT2D eigenvalue weighted by atomic mass is 16.2. The van der Waals surface area contributed by atoms with Gasteiger partial charge in [-0.2, -0.15) is 0 Å². The number of aryl methyl sites for hydroxylation is 2. The van der Waals surface area contributed by atoms with Gasteiger partial charge in [-0.05, 0) is 37.6 Å². The number of aromatic nitrogens is 3. The van der Waals surface area contributed by atoms with Gasteiger partial charge in [-0.1, -0.05) is 23.8 Å². The highest BCUT2D eigenvalue weighted by molar-refractivity contribution is 5.90. The molecule has 1 aliphatic heterocycles. The van der Waals surface area contributed by atoms with Gasteiger partial charge in [-0.25, -0.2) is 19.7 Å². The molecule has 0 saturated carbocycles. The molecular weight excluding hydrogens is 378 g/mol. The number of carbonyl (C=O) groups excluding carboxylic acids is 1. The van der Waals surface area contributed by atoms with E-state index < -0.39 is 0 Å². The number of amides is 2. The van der Waals surface area contributed by atoms with Crippen molar-refractivity contribution in [2.24, 2.45) is 0 Å². The Balaban J connectivity index is 1.35. The maximum Gasteiger partial charge on any atom is 0.321 e. The fraction of sp³-hybridized carbons (Fsp3) is 0.273. The van der Waals surface area contributed by atoms with Gasteiger partial charge in [0.25, 0.3) is 0 Å². The number of carbonyl (C=O) groups is 1. The molecule has 3 aromatic rings. The second kappa shape index (κ2) is 8.77. The Kier molecular flexibility index (Phi) is 5.74. The summed E-state index contributed by atoms with van der Waals surface area (Å²) < 4.78 is 0. The maximum atomic E-state index is 12.7. The van der Waals surface area contributed by atoms with Crippen LogP contribution in [0.4, 0.5) is 27.9 Å². The molecule has 1 aliphatic rings. The third-order valence-corrected chi connectivity index (χ3v) is 5.09. The van der Waals surface area contributed by atoms with E-state index in [2.05, 4.69) is 36.6 Å². The van der Waals surface area contributed by atoms with E-state index in [-0.39, 0.29) is 6.03 Å². The Bertz CT molecular complexity index is 1020. The van der Waals surface area contributed by atoms with Gasteiger partial charge in [0, 0.05) is 44.1 Å². The van der Waals surface area contributed by atoms with Gasteiger partial charge in [0.2, 0.25) is 0 Å². The quantitative estimate of drug-likeness (QED) is 0.692. The molecule has 0 radical (unpaired) electrons. The maximum absolute atomic E-state index is 12.7. The molecule has 4 rings (SSSR count). The standard InChI is InChI=1S/C22H25N7O/c1-16-6-7-18(17(2)13-16)26-22(30)29-11-9-28(10-12-29)21-14-20(24-15-25-21)27-19-5-3-4-8-23-19/h3-8,13-15H,9-12H2,1-2H3,(H,26,30)(H,23,24,25,27). The SMILES string of the molecule is Cc1ccc(NC(=O)N2CCN(c3cc(Nc4ccccn4)ncn3)CC2)c(C)c1. The number of nitrogens with one attached hydrogen (secondary N) is 2. The van der Waals surface area contributed by atoms with Crippen molar-refractivity contribution in [1.29, 1.82) is 0 Å². The smallest absolute Gasteiger partial charge is 0.321 e. The van der Waals surface area contributed by atoms with Gasteiger partial charge in [-0.3, -0.25) is 0 Å². The first-order chi connectivity index (χ1) is 14.6. The third-order valence-electron chi connectivity index (χ3n) is 5.09. The average Bonchev–Trinajstić information content (AvgIpc) is 2.77. The predicted molar refractivity (Wildman–Crippen MR) is 118 cm³/mol. The fourth-order valence-corrected chi connectivity index (χ4v) is 3.44. The first-order valence-corrected chi connectivity index (χ1v) is 9.97. The van der Waals surface area contributed by atoms with Gasteiger partial charge in [0.15, 0.2) is 0 Å². The number of benzene rings is 1. The Labute approximate surface area is 176 Å². The van der Waals surface area contributed by atoms with E-state index in [1.807, 2.05) is 55.1 Å². The van der Waals surface area contributed by atoms with E-state index in [4.69, 9.17) is 0 Å². The lowest BCUT2D eigenvalue weighted by molar-refractivity contribution is 0.208. The van der Waals surface area contributed by atoms with E-state index >= 15 is 0 Å². The fourth-order valence-electron chi connectivity index (χ4n) is 3.44. The molecule has 0 unspecified atom stereocenters. The number of pyridine rings is 1. The van der Waals surface area contributed by atoms with Crippen LogP contribution in [-0.2, 0) is 0 Å². The van der Waals surface area contributed by atoms with E-state index in [1.54, 1.807) is 12.5 Å². The van der Waals surface area contributed by atoms with Crippen LogP contribution in [0.1, 0.15) is 11.1 Å². The van der Waals surface area contributed by atoms with Crippen molar-refractivity contribution < 1.29 is 4.79 Å². The van der Waals surface area contributed by atoms with Crippen LogP contribution in [0, 0.1) is 13.8 Å². The topological polar surface area (TPSA) is 86.3 Å². The monoisotopic (exact) mass is 403 g/mol. The van der Waals surface area contributed by atoms with E-state index in [9.17, 15) is 4.79 Å². The molecule has 2 amide bonds. The average molecular weight is 403 g/mol. The summed E-state index contributed by atoms with van der Waals surface area (Å²) in [6.07, 6.45) is 3.27. The molecule has 8 heteroatoms. The van der Waals surface area contributed by atoms with Crippen LogP contribution in [-0.4, -0.2) is 52.1 Å². The second-order valence-electron chi connectivity index (χ2n) is 7.32. The van der Waals surface area contributed by atoms with Crippen LogP contribution < -0.4 is 15.5 Å². The molecule has 0 bridgehead atoms. The predicted octanol–water partition coefficient (Wildman–Crippen LogP) is 3.59. The zero-order valence-corrected chi connectivity index (χ0v) is 17.2. The normalized spacial score (nSPS) is 13.8. The number of piperazine rings is 1. The summed E-state index contributed by atoms with van der Waals surface area (Å²) in [5.41, 5.74) is 3.10. The van der Waals surface area contributed by atoms with Gasteiger partial charge < -0.3 is 20.4 Å². The van der Waals surface area contributed by atoms with Gasteiger partial charge in [0.1, 0.15) is 23.8 Å². The second-order valence-corrected chi connectivity index (χ2v) is 7.32. The zero-order valence-electron chi connectivity index (χ0n) is 17.2. The summed E-state index contributed by atoms with van der Waals surface area (Å²) in [6, 6.07) is 13.5. The minimum absolute atomic E-state index is 0.0678. The highest BCUT2D eigenvalue weighted by Crippen LogP contribution is 2.20. The summed E-state index contributed by atoms with van der Waals surface area (Å²) in [5, 5.41) is 6.21. The molecule has 1 fully saturated rings. The minimum Gasteiger partial charge on any atom is -0.353 e. The molecule has 154 valence electrons. The summed E-state index contributed by atoms with van der Waals surface area (Å²) >= 11 is 0. The molecule has 1 saturated heterocycles. The Morgan fingerprint density at radius 3 is 2.50 bits per heavy atom. The molecule has 3 heterocycles. The van der Waals surface area contributed by atoms with Crippen LogP contribution >= 0.6 is 0 Å². The lowest BCUT2D eigenvalue weighted by atomic mass is 10.1. The Morgan fingerprint density at radius 2 is 1.77 bits per heavy atom. The van der Waals surface area contributed by atoms with Crippen LogP contribution in [0.3, 0.4) is 0 Å². The van der Waals surface area contributed by atoms with Crippen molar-refractivity contribution in [1.82, 2.24) is 19.9 Å². The molecule has 2 N–H and O–H groups in total. The molecular formula is C22H25N7O. The first kappa shape index (κ1) is 19.6. The van der Waals surface area contributed by atoms with Crippen molar-refractivity contribution in [2.45, 2.75) is 13.8 Å². The van der Waals surface area contributed by atoms with Crippen molar-refractivity contribution in [3.63, 3.8) is 0 Å². The number of hydrogen-bond donors (Lipinski definition) is 2. The highest BCUT2D eigenvalue weighted by Gasteiger charge is 2.22. The molecule has 8 nitrogen and oxygen atoms in total. The Hall–Kier alpha value is -3.68. The van der Waals surface area contributed by atoms with E-state index in [0.717, 1.165) is 22.9 Å². The minimum atomic E-state index is -0.0678. The van der Waals surface area contributed by atoms with Crippen molar-refractivity contribution >= 4 is 29.2 Å². The zero-order chi connectivity index (χ0) is 20.9. The largest absolute Gasteiger partial charge is 0.353 e. The van der Waals surface area contributed by atoms with E-state index in [1.165, 1.54) is 5.56 Å². The van der Waals surface area contributed by atoms with Crippen molar-refractivity contribution in [2.75, 3.05) is 41.7 Å². The van der Waals surface area contributed by atoms with Gasteiger partial charge in [0.05, 0.1) is 0 Å². The van der Waals surface area contributed by atoms with Crippen molar-refractivity contribution in [3.8, 4) is 0 Å². The molecule has 1 aromatic carbocycles. The molecule has 30 heavy (non-hydrogen) atoms. The van der Waals surface area contributed by atoms with Crippen molar-refractivity contribution in [3.05, 3.63) is 66.1 Å². The molecule has 0 spiro atoms. The number of rotatable bonds is 4. The lowest BCUT2D eigenvalue weighted by Crippen LogP contribution is -2.50. The summed E-state index contributed by atoms with van der Waals surface area (Å²) in [6.45, 7) is 6.72. The summed E-state index contributed by atoms with van der Waals surface area (Å²) in [4.78, 5) is 29.6. The van der Waals surface area contributed by atoms with Crippen LogP contribution in [0.2, 0.25) is 0 Å². The van der Waals surface area contributed by atoms with Crippen LogP contribution in [0.25, 0.3) is 0 Å². The number of urea groups is 1. The summed E-state index contributed by atoms with van der Waals surface area (Å²) in [7, 11) is 0. The molecule has 2 aromatic heterocycles. The Morgan fingerprint density at radius 1 is 0.933 bits per heavy atom. The summed E-state index contributed by atoms with van der Waals surface area (Å²) in [5.74, 6) is 2.25. The molecule has 0 atom stereocenters. The third kappa shape index (κ3) is 4.65. The number of hydrogen-bond acceptors (Lipinski definition) is 6.